The molecule has 344 valence electrons. The first-order chi connectivity index (χ1) is 31.7. The molecule has 9 rings (SSSR count). The highest BCUT2D eigenvalue weighted by atomic mass is 15.1. The molecule has 0 aromatic heterocycles. The van der Waals surface area contributed by atoms with E-state index in [-0.39, 0.29) is 32.5 Å². The summed E-state index contributed by atoms with van der Waals surface area (Å²) in [6.07, 6.45) is 21.2. The van der Waals surface area contributed by atoms with Crippen molar-refractivity contribution in [3.63, 3.8) is 0 Å². The monoisotopic (exact) mass is 882 g/mol. The van der Waals surface area contributed by atoms with E-state index in [1.165, 1.54) is 105 Å². The Bertz CT molecular complexity index is 2550. The molecule has 0 amide bonds. The summed E-state index contributed by atoms with van der Waals surface area (Å²) in [6.45, 7) is 28.9. The second-order valence-electron chi connectivity index (χ2n) is 24.2. The van der Waals surface area contributed by atoms with Crippen LogP contribution in [0.25, 0.3) is 36.5 Å². The number of rotatable bonds is 9. The normalized spacial score (nSPS) is 19.5. The summed E-state index contributed by atoms with van der Waals surface area (Å²) < 4.78 is 0. The van der Waals surface area contributed by atoms with Crippen LogP contribution in [0.15, 0.2) is 127 Å². The standard InChI is InChI=1S/C66H75N/c1-61(2)40-43-64(7,8)58-49(16-13-19-55(58)61)31-22-46-25-34-52(35-26-46)67(53-36-27-47(28-37-53)23-32-50-17-14-20-56-59(50)65(9,10)44-41-62(56,3)4)54-38-29-48(30-39-54)24-33-51-18-15-21-57-60(51)66(11,12)45-42-63(57,5)6/h13-39H,40-45H2,1-12H3. The Morgan fingerprint density at radius 3 is 0.776 bits per heavy atom. The minimum absolute atomic E-state index is 0.150. The minimum Gasteiger partial charge on any atom is -0.311 e. The maximum atomic E-state index is 2.42. The number of nitrogens with zero attached hydrogens (tertiary/aromatic N) is 1. The van der Waals surface area contributed by atoms with Crippen LogP contribution < -0.4 is 4.90 Å². The van der Waals surface area contributed by atoms with E-state index in [4.69, 9.17) is 0 Å². The third-order valence-electron chi connectivity index (χ3n) is 16.5. The zero-order chi connectivity index (χ0) is 47.6. The van der Waals surface area contributed by atoms with Gasteiger partial charge in [-0.1, -0.05) is 211 Å². The molecule has 1 heteroatoms. The fourth-order valence-electron chi connectivity index (χ4n) is 11.9. The van der Waals surface area contributed by atoms with Crippen LogP contribution in [-0.2, 0) is 32.5 Å². The molecule has 3 aliphatic carbocycles. The van der Waals surface area contributed by atoms with Crippen LogP contribution in [0.2, 0.25) is 0 Å². The molecule has 0 fully saturated rings. The van der Waals surface area contributed by atoms with Crippen molar-refractivity contribution >= 4 is 53.5 Å². The van der Waals surface area contributed by atoms with E-state index in [9.17, 15) is 0 Å². The average molecular weight is 882 g/mol. The smallest absolute Gasteiger partial charge is 0.0462 e. The van der Waals surface area contributed by atoms with Gasteiger partial charge in [0, 0.05) is 17.1 Å². The lowest BCUT2D eigenvalue weighted by Crippen LogP contribution is -2.34. The summed E-state index contributed by atoms with van der Waals surface area (Å²) in [5, 5.41) is 0. The van der Waals surface area contributed by atoms with Crippen LogP contribution in [0.4, 0.5) is 17.1 Å². The van der Waals surface area contributed by atoms with Crippen LogP contribution in [0.5, 0.6) is 0 Å². The van der Waals surface area contributed by atoms with E-state index < -0.39 is 0 Å². The van der Waals surface area contributed by atoms with Gasteiger partial charge >= 0.3 is 0 Å². The third kappa shape index (κ3) is 9.09. The maximum absolute atomic E-state index is 2.42. The molecule has 0 atom stereocenters. The van der Waals surface area contributed by atoms with Gasteiger partial charge in [0.05, 0.1) is 0 Å². The zero-order valence-electron chi connectivity index (χ0n) is 42.8. The van der Waals surface area contributed by atoms with Crippen LogP contribution in [0.3, 0.4) is 0 Å². The van der Waals surface area contributed by atoms with Gasteiger partial charge in [-0.3, -0.25) is 0 Å². The molecule has 6 aromatic carbocycles. The van der Waals surface area contributed by atoms with Gasteiger partial charge in [0.25, 0.3) is 0 Å². The van der Waals surface area contributed by atoms with Crippen molar-refractivity contribution in [2.75, 3.05) is 4.90 Å². The van der Waals surface area contributed by atoms with Crippen LogP contribution in [0.1, 0.15) is 188 Å². The summed E-state index contributed by atoms with van der Waals surface area (Å²) in [5.41, 5.74) is 21.0. The van der Waals surface area contributed by atoms with Crippen molar-refractivity contribution in [2.45, 2.75) is 154 Å². The van der Waals surface area contributed by atoms with Crippen molar-refractivity contribution in [2.24, 2.45) is 0 Å². The predicted molar refractivity (Wildman–Crippen MR) is 293 cm³/mol. The molecular formula is C66H75N. The summed E-state index contributed by atoms with van der Waals surface area (Å²) in [7, 11) is 0. The van der Waals surface area contributed by atoms with Crippen LogP contribution in [-0.4, -0.2) is 0 Å². The van der Waals surface area contributed by atoms with Crippen LogP contribution in [0, 0.1) is 0 Å². The Labute approximate surface area is 404 Å². The Kier molecular flexibility index (Phi) is 11.9. The number of benzene rings is 6. The van der Waals surface area contributed by atoms with Crippen molar-refractivity contribution in [1.29, 1.82) is 0 Å². The molecule has 1 nitrogen and oxygen atoms in total. The van der Waals surface area contributed by atoms with E-state index in [1.54, 1.807) is 0 Å². The molecule has 0 spiro atoms. The molecule has 0 saturated heterocycles. The number of anilines is 3. The molecular weight excluding hydrogens is 807 g/mol. The second-order valence-corrected chi connectivity index (χ2v) is 24.2. The first kappa shape index (κ1) is 46.5. The highest BCUT2D eigenvalue weighted by Crippen LogP contribution is 2.50. The molecule has 0 N–H and O–H groups in total. The summed E-state index contributed by atoms with van der Waals surface area (Å²) in [4.78, 5) is 2.39. The Balaban J connectivity index is 1.03. The van der Waals surface area contributed by atoms with E-state index in [1.807, 2.05) is 0 Å². The lowest BCUT2D eigenvalue weighted by atomic mass is 9.62. The molecule has 0 aliphatic heterocycles. The topological polar surface area (TPSA) is 3.24 Å². The highest BCUT2D eigenvalue weighted by molar-refractivity contribution is 5.82. The summed E-state index contributed by atoms with van der Waals surface area (Å²) in [6, 6.07) is 48.0. The quantitative estimate of drug-likeness (QED) is 0.131. The number of hydrogen-bond donors (Lipinski definition) is 0. The molecule has 0 radical (unpaired) electrons. The lowest BCUT2D eigenvalue weighted by Gasteiger charge is -2.42. The van der Waals surface area contributed by atoms with Gasteiger partial charge in [-0.15, -0.1) is 0 Å². The van der Waals surface area contributed by atoms with Crippen LogP contribution >= 0.6 is 0 Å². The Morgan fingerprint density at radius 1 is 0.284 bits per heavy atom. The Hall–Kier alpha value is -5.66. The van der Waals surface area contributed by atoms with E-state index in [0.717, 1.165) is 17.1 Å². The maximum Gasteiger partial charge on any atom is 0.0462 e. The molecule has 0 bridgehead atoms. The van der Waals surface area contributed by atoms with E-state index in [2.05, 4.69) is 252 Å². The lowest BCUT2D eigenvalue weighted by molar-refractivity contribution is 0.331. The fourth-order valence-corrected chi connectivity index (χ4v) is 11.9. The zero-order valence-corrected chi connectivity index (χ0v) is 42.8. The van der Waals surface area contributed by atoms with Crippen molar-refractivity contribution in [1.82, 2.24) is 0 Å². The first-order valence-corrected chi connectivity index (χ1v) is 25.2. The van der Waals surface area contributed by atoms with Gasteiger partial charge in [-0.2, -0.15) is 0 Å². The largest absolute Gasteiger partial charge is 0.311 e. The summed E-state index contributed by atoms with van der Waals surface area (Å²) in [5.74, 6) is 0. The van der Waals surface area contributed by atoms with Crippen molar-refractivity contribution in [3.8, 4) is 0 Å². The molecule has 0 unspecified atom stereocenters. The molecule has 0 saturated carbocycles. The molecule has 67 heavy (non-hydrogen) atoms. The van der Waals surface area contributed by atoms with Crippen molar-refractivity contribution < 1.29 is 0 Å². The van der Waals surface area contributed by atoms with Gasteiger partial charge in [0.2, 0.25) is 0 Å². The fraction of sp³-hybridized carbons (Fsp3) is 0.364. The van der Waals surface area contributed by atoms with Gasteiger partial charge in [-0.05, 0) is 174 Å². The van der Waals surface area contributed by atoms with E-state index >= 15 is 0 Å². The molecule has 6 aromatic rings. The van der Waals surface area contributed by atoms with Gasteiger partial charge < -0.3 is 4.90 Å². The third-order valence-corrected chi connectivity index (χ3v) is 16.5. The first-order valence-electron chi connectivity index (χ1n) is 25.2. The molecule has 0 heterocycles. The minimum atomic E-state index is 0.150. The Morgan fingerprint density at radius 2 is 0.522 bits per heavy atom. The SMILES string of the molecule is CC1(C)CCC(C)(C)c2c(C=Cc3ccc(N(c4ccc(C=Cc5cccc6c5C(C)(C)CCC6(C)C)cc4)c4ccc(C=Cc5cccc6c5C(C)(C)CCC6(C)C)cc4)cc3)cccc21. The van der Waals surface area contributed by atoms with Gasteiger partial charge in [0.15, 0.2) is 0 Å². The number of hydrogen-bond acceptors (Lipinski definition) is 1. The summed E-state index contributed by atoms with van der Waals surface area (Å²) >= 11 is 0. The second kappa shape index (κ2) is 17.1. The highest BCUT2D eigenvalue weighted by Gasteiger charge is 2.40. The van der Waals surface area contributed by atoms with Gasteiger partial charge in [0.1, 0.15) is 0 Å². The molecule has 3 aliphatic rings. The average Bonchev–Trinajstić information content (AvgIpc) is 3.30. The predicted octanol–water partition coefficient (Wildman–Crippen LogP) is 18.7. The van der Waals surface area contributed by atoms with Gasteiger partial charge in [-0.25, -0.2) is 0 Å². The van der Waals surface area contributed by atoms with E-state index in [0.29, 0.717) is 0 Å². The van der Waals surface area contributed by atoms with Crippen molar-refractivity contribution in [3.05, 3.63) is 194 Å². The number of fused-ring (bicyclic) bond motifs is 3.